The van der Waals surface area contributed by atoms with E-state index >= 15 is 0 Å². The first-order valence-corrected chi connectivity index (χ1v) is 6.54. The quantitative estimate of drug-likeness (QED) is 0.708. The third-order valence-corrected chi connectivity index (χ3v) is 3.68. The highest BCUT2D eigenvalue weighted by atomic mass is 32.1. The molecule has 0 aliphatic heterocycles. The Kier molecular flexibility index (Phi) is 2.52. The van der Waals surface area contributed by atoms with Crippen molar-refractivity contribution in [3.8, 4) is 5.13 Å². The van der Waals surface area contributed by atoms with E-state index in [9.17, 15) is 4.79 Å². The molecule has 0 saturated carbocycles. The summed E-state index contributed by atoms with van der Waals surface area (Å²) in [5, 5.41) is 9.52. The highest BCUT2D eigenvalue weighted by molar-refractivity contribution is 7.13. The van der Waals surface area contributed by atoms with Crippen molar-refractivity contribution in [2.45, 2.75) is 20.4 Å². The van der Waals surface area contributed by atoms with Crippen molar-refractivity contribution < 1.29 is 0 Å². The zero-order valence-corrected chi connectivity index (χ0v) is 10.9. The third-order valence-electron chi connectivity index (χ3n) is 2.86. The lowest BCUT2D eigenvalue weighted by molar-refractivity contribution is 0.731. The molecule has 92 valence electrons. The Morgan fingerprint density at radius 2 is 1.94 bits per heavy atom. The first-order chi connectivity index (χ1) is 8.72. The predicted molar refractivity (Wildman–Crippen MR) is 71.4 cm³/mol. The van der Waals surface area contributed by atoms with E-state index < -0.39 is 0 Å². The molecule has 0 aliphatic carbocycles. The van der Waals surface area contributed by atoms with Crippen LogP contribution in [0.2, 0.25) is 0 Å². The Hall–Kier alpha value is -1.95. The molecule has 1 aromatic carbocycles. The van der Waals surface area contributed by atoms with E-state index in [1.54, 1.807) is 9.13 Å². The van der Waals surface area contributed by atoms with Gasteiger partial charge in [0, 0.05) is 6.54 Å². The molecule has 0 bridgehead atoms. The SMILES string of the molecule is CCn1c(=O)n(-c2nnc(C)s2)c2ccccc21. The summed E-state index contributed by atoms with van der Waals surface area (Å²) in [5.74, 6) is 0. The molecular formula is C12H12N4OS. The van der Waals surface area contributed by atoms with Crippen LogP contribution in [0.3, 0.4) is 0 Å². The number of rotatable bonds is 2. The van der Waals surface area contributed by atoms with Crippen LogP contribution < -0.4 is 5.69 Å². The third kappa shape index (κ3) is 1.49. The van der Waals surface area contributed by atoms with Crippen molar-refractivity contribution in [2.24, 2.45) is 0 Å². The lowest BCUT2D eigenvalue weighted by Crippen LogP contribution is -2.22. The molecule has 0 spiro atoms. The monoisotopic (exact) mass is 260 g/mol. The van der Waals surface area contributed by atoms with Crippen molar-refractivity contribution in [1.82, 2.24) is 19.3 Å². The lowest BCUT2D eigenvalue weighted by atomic mass is 10.3. The summed E-state index contributed by atoms with van der Waals surface area (Å²) in [6.07, 6.45) is 0. The Morgan fingerprint density at radius 3 is 2.56 bits per heavy atom. The number of hydrogen-bond acceptors (Lipinski definition) is 4. The van der Waals surface area contributed by atoms with Gasteiger partial charge >= 0.3 is 5.69 Å². The first kappa shape index (κ1) is 11.2. The van der Waals surface area contributed by atoms with Gasteiger partial charge in [-0.15, -0.1) is 10.2 Å². The molecular weight excluding hydrogens is 248 g/mol. The molecule has 0 amide bonds. The van der Waals surface area contributed by atoms with Crippen LogP contribution in [0.15, 0.2) is 29.1 Å². The van der Waals surface area contributed by atoms with E-state index in [2.05, 4.69) is 10.2 Å². The summed E-state index contributed by atoms with van der Waals surface area (Å²) >= 11 is 1.42. The van der Waals surface area contributed by atoms with Crippen LogP contribution in [0.4, 0.5) is 0 Å². The smallest absolute Gasteiger partial charge is 0.292 e. The Labute approximate surface area is 107 Å². The largest absolute Gasteiger partial charge is 0.335 e. The fourth-order valence-corrected chi connectivity index (χ4v) is 2.77. The molecule has 2 aromatic heterocycles. The Balaban J connectivity index is 2.42. The van der Waals surface area contributed by atoms with Crippen molar-refractivity contribution in [3.63, 3.8) is 0 Å². The van der Waals surface area contributed by atoms with Gasteiger partial charge in [-0.3, -0.25) is 4.57 Å². The molecule has 5 nitrogen and oxygen atoms in total. The van der Waals surface area contributed by atoms with Gasteiger partial charge in [-0.05, 0) is 26.0 Å². The van der Waals surface area contributed by atoms with Crippen LogP contribution in [0, 0.1) is 6.92 Å². The van der Waals surface area contributed by atoms with Gasteiger partial charge in [0.15, 0.2) is 0 Å². The maximum atomic E-state index is 12.4. The summed E-state index contributed by atoms with van der Waals surface area (Å²) in [4.78, 5) is 12.4. The molecule has 2 heterocycles. The maximum Gasteiger partial charge on any atom is 0.335 e. The molecule has 0 fully saturated rings. The fourth-order valence-electron chi connectivity index (χ4n) is 2.08. The second kappa shape index (κ2) is 4.06. The van der Waals surface area contributed by atoms with E-state index in [4.69, 9.17) is 0 Å². The highest BCUT2D eigenvalue weighted by Crippen LogP contribution is 2.19. The number of aryl methyl sites for hydroxylation is 2. The van der Waals surface area contributed by atoms with Gasteiger partial charge in [0.1, 0.15) is 5.01 Å². The van der Waals surface area contributed by atoms with Crippen molar-refractivity contribution >= 4 is 22.4 Å². The van der Waals surface area contributed by atoms with Crippen molar-refractivity contribution in [1.29, 1.82) is 0 Å². The van der Waals surface area contributed by atoms with Crippen molar-refractivity contribution in [3.05, 3.63) is 39.8 Å². The minimum absolute atomic E-state index is 0.0603. The zero-order chi connectivity index (χ0) is 12.7. The Bertz CT molecular complexity index is 768. The first-order valence-electron chi connectivity index (χ1n) is 5.73. The van der Waals surface area contributed by atoms with E-state index in [0.717, 1.165) is 16.0 Å². The summed E-state index contributed by atoms with van der Waals surface area (Å²) in [6, 6.07) is 7.74. The maximum absolute atomic E-state index is 12.4. The van der Waals surface area contributed by atoms with E-state index in [1.165, 1.54) is 11.3 Å². The molecule has 3 aromatic rings. The normalized spacial score (nSPS) is 11.2. The minimum Gasteiger partial charge on any atom is -0.292 e. The van der Waals surface area contributed by atoms with Gasteiger partial charge in [-0.25, -0.2) is 9.36 Å². The van der Waals surface area contributed by atoms with Crippen LogP contribution in [0.5, 0.6) is 0 Å². The standard InChI is InChI=1S/C12H12N4OS/c1-3-15-9-6-4-5-7-10(9)16(12(15)17)11-14-13-8(2)18-11/h4-7H,3H2,1-2H3. The molecule has 18 heavy (non-hydrogen) atoms. The number of hydrogen-bond donors (Lipinski definition) is 0. The fraction of sp³-hybridized carbons (Fsp3) is 0.250. The van der Waals surface area contributed by atoms with Gasteiger partial charge in [-0.2, -0.15) is 0 Å². The zero-order valence-electron chi connectivity index (χ0n) is 10.1. The van der Waals surface area contributed by atoms with Gasteiger partial charge in [0.25, 0.3) is 0 Å². The number of imidazole rings is 1. The molecule has 0 saturated heterocycles. The number of fused-ring (bicyclic) bond motifs is 1. The molecule has 0 N–H and O–H groups in total. The average molecular weight is 260 g/mol. The molecule has 3 rings (SSSR count). The van der Waals surface area contributed by atoms with Crippen LogP contribution in [-0.4, -0.2) is 19.3 Å². The van der Waals surface area contributed by atoms with Crippen molar-refractivity contribution in [2.75, 3.05) is 0 Å². The summed E-state index contributed by atoms with van der Waals surface area (Å²) in [5.41, 5.74) is 1.74. The summed E-state index contributed by atoms with van der Waals surface area (Å²) in [7, 11) is 0. The molecule has 6 heteroatoms. The van der Waals surface area contributed by atoms with Crippen LogP contribution >= 0.6 is 11.3 Å². The predicted octanol–water partition coefficient (Wildman–Crippen LogP) is 1.97. The van der Waals surface area contributed by atoms with E-state index in [0.29, 0.717) is 11.7 Å². The molecule has 0 atom stereocenters. The number of nitrogens with zero attached hydrogens (tertiary/aromatic N) is 4. The number of aromatic nitrogens is 4. The van der Waals surface area contributed by atoms with E-state index in [1.807, 2.05) is 38.1 Å². The van der Waals surface area contributed by atoms with Crippen LogP contribution in [-0.2, 0) is 6.54 Å². The molecule has 0 radical (unpaired) electrons. The average Bonchev–Trinajstić information content (AvgIpc) is 2.90. The topological polar surface area (TPSA) is 52.7 Å². The summed E-state index contributed by atoms with van der Waals surface area (Å²) < 4.78 is 3.37. The molecule has 0 unspecified atom stereocenters. The number of benzene rings is 1. The second-order valence-corrected chi connectivity index (χ2v) is 5.11. The number of para-hydroxylation sites is 2. The second-order valence-electron chi connectivity index (χ2n) is 3.95. The molecule has 0 aliphatic rings. The minimum atomic E-state index is -0.0603. The summed E-state index contributed by atoms with van der Waals surface area (Å²) in [6.45, 7) is 4.48. The van der Waals surface area contributed by atoms with Gasteiger partial charge in [0.2, 0.25) is 5.13 Å². The Morgan fingerprint density at radius 1 is 1.22 bits per heavy atom. The van der Waals surface area contributed by atoms with Gasteiger partial charge < -0.3 is 0 Å². The van der Waals surface area contributed by atoms with Crippen LogP contribution in [0.25, 0.3) is 16.2 Å². The van der Waals surface area contributed by atoms with Gasteiger partial charge in [-0.1, -0.05) is 23.5 Å². The van der Waals surface area contributed by atoms with Crippen LogP contribution in [0.1, 0.15) is 11.9 Å². The van der Waals surface area contributed by atoms with E-state index in [-0.39, 0.29) is 5.69 Å². The lowest BCUT2D eigenvalue weighted by Gasteiger charge is -1.95. The van der Waals surface area contributed by atoms with Gasteiger partial charge in [0.05, 0.1) is 11.0 Å². The highest BCUT2D eigenvalue weighted by Gasteiger charge is 2.15.